The third-order valence-electron chi connectivity index (χ3n) is 3.70. The molecular weight excluding hydrogens is 290 g/mol. The van der Waals surface area contributed by atoms with E-state index in [0.29, 0.717) is 24.5 Å². The Bertz CT molecular complexity index is 748. The summed E-state index contributed by atoms with van der Waals surface area (Å²) in [6.45, 7) is 4.95. The summed E-state index contributed by atoms with van der Waals surface area (Å²) in [5.41, 5.74) is 0.557. The first kappa shape index (κ1) is 14.5. The topological polar surface area (TPSA) is 76.4 Å². The maximum absolute atomic E-state index is 12.3. The highest BCUT2D eigenvalue weighted by molar-refractivity contribution is 7.18. The van der Waals surface area contributed by atoms with Crippen LogP contribution in [-0.4, -0.2) is 33.4 Å². The highest BCUT2D eigenvalue weighted by Gasteiger charge is 2.30. The first-order valence-corrected chi connectivity index (χ1v) is 7.74. The van der Waals surface area contributed by atoms with Crippen LogP contribution in [0.15, 0.2) is 4.79 Å². The first-order valence-electron chi connectivity index (χ1n) is 6.93. The Hall–Kier alpha value is -1.44. The highest BCUT2D eigenvalue weighted by atomic mass is 32.1. The Kier molecular flexibility index (Phi) is 3.51. The minimum absolute atomic E-state index is 0.00310. The van der Waals surface area contributed by atoms with Crippen molar-refractivity contribution in [1.82, 2.24) is 9.55 Å². The molecule has 0 amide bonds. The molecular formula is C14H19N3O3S. The number of thiophene rings is 1. The van der Waals surface area contributed by atoms with Gasteiger partial charge in [0.2, 0.25) is 5.95 Å². The zero-order valence-electron chi connectivity index (χ0n) is 12.4. The number of fused-ring (bicyclic) bond motifs is 3. The van der Waals surface area contributed by atoms with Crippen LogP contribution in [0.1, 0.15) is 24.3 Å². The molecule has 0 spiro atoms. The van der Waals surface area contributed by atoms with E-state index >= 15 is 0 Å². The average molecular weight is 309 g/mol. The van der Waals surface area contributed by atoms with Gasteiger partial charge in [-0.15, -0.1) is 11.3 Å². The molecule has 2 aromatic rings. The predicted octanol–water partition coefficient (Wildman–Crippen LogP) is 1.25. The number of aliphatic hydroxyl groups excluding tert-OH is 1. The first-order chi connectivity index (χ1) is 9.93. The van der Waals surface area contributed by atoms with Gasteiger partial charge in [-0.25, -0.2) is 0 Å². The molecule has 2 aromatic heterocycles. The molecule has 0 aliphatic carbocycles. The van der Waals surface area contributed by atoms with Crippen LogP contribution in [0.4, 0.5) is 5.95 Å². The van der Waals surface area contributed by atoms with Crippen LogP contribution in [0.25, 0.3) is 10.2 Å². The number of nitrogens with zero attached hydrogens (tertiary/aromatic N) is 2. The van der Waals surface area contributed by atoms with Crippen molar-refractivity contribution in [2.45, 2.75) is 32.5 Å². The zero-order valence-corrected chi connectivity index (χ0v) is 13.2. The number of hydrogen-bond acceptors (Lipinski definition) is 6. The molecule has 6 nitrogen and oxygen atoms in total. The van der Waals surface area contributed by atoms with Gasteiger partial charge in [0.15, 0.2) is 0 Å². The van der Waals surface area contributed by atoms with Crippen molar-refractivity contribution >= 4 is 27.5 Å². The number of nitrogens with one attached hydrogen (secondary N) is 1. The number of aliphatic hydroxyl groups is 1. The molecule has 0 atom stereocenters. The van der Waals surface area contributed by atoms with Gasteiger partial charge in [-0.05, 0) is 13.8 Å². The Morgan fingerprint density at radius 1 is 1.52 bits per heavy atom. The van der Waals surface area contributed by atoms with E-state index in [-0.39, 0.29) is 17.8 Å². The number of rotatable bonds is 3. The second kappa shape index (κ2) is 5.08. The lowest BCUT2D eigenvalue weighted by atomic mass is 9.98. The number of anilines is 1. The van der Waals surface area contributed by atoms with Gasteiger partial charge in [-0.1, -0.05) is 0 Å². The monoisotopic (exact) mass is 309 g/mol. The van der Waals surface area contributed by atoms with Crippen LogP contribution in [0.3, 0.4) is 0 Å². The molecule has 0 saturated heterocycles. The minimum Gasteiger partial charge on any atom is -0.395 e. The fraction of sp³-hybridized carbons (Fsp3) is 0.571. The molecule has 21 heavy (non-hydrogen) atoms. The average Bonchev–Trinajstić information content (AvgIpc) is 2.78. The lowest BCUT2D eigenvalue weighted by Crippen LogP contribution is -2.31. The maximum atomic E-state index is 12.3. The number of hydrogen-bond donors (Lipinski definition) is 2. The van der Waals surface area contributed by atoms with Gasteiger partial charge in [0, 0.05) is 30.5 Å². The summed E-state index contributed by atoms with van der Waals surface area (Å²) in [6, 6.07) is 0. The summed E-state index contributed by atoms with van der Waals surface area (Å²) >= 11 is 1.63. The molecule has 7 heteroatoms. The van der Waals surface area contributed by atoms with Gasteiger partial charge < -0.3 is 19.7 Å². The van der Waals surface area contributed by atoms with Crippen LogP contribution >= 0.6 is 11.3 Å². The van der Waals surface area contributed by atoms with Crippen molar-refractivity contribution in [3.05, 3.63) is 20.8 Å². The summed E-state index contributed by atoms with van der Waals surface area (Å²) < 4.78 is 7.71. The van der Waals surface area contributed by atoms with Crippen molar-refractivity contribution in [1.29, 1.82) is 0 Å². The van der Waals surface area contributed by atoms with Crippen LogP contribution in [0, 0.1) is 0 Å². The van der Waals surface area contributed by atoms with E-state index in [0.717, 1.165) is 16.8 Å². The molecule has 0 radical (unpaired) electrons. The van der Waals surface area contributed by atoms with Gasteiger partial charge in [0.1, 0.15) is 4.83 Å². The van der Waals surface area contributed by atoms with Crippen molar-refractivity contribution in [3.63, 3.8) is 0 Å². The van der Waals surface area contributed by atoms with Gasteiger partial charge in [-0.3, -0.25) is 4.79 Å². The fourth-order valence-electron chi connectivity index (χ4n) is 2.60. The van der Waals surface area contributed by atoms with E-state index in [1.807, 2.05) is 11.6 Å². The zero-order chi connectivity index (χ0) is 15.2. The minimum atomic E-state index is -0.232. The van der Waals surface area contributed by atoms with Crippen LogP contribution < -0.4 is 10.9 Å². The summed E-state index contributed by atoms with van der Waals surface area (Å²) in [7, 11) is 1.88. The lowest BCUT2D eigenvalue weighted by Gasteiger charge is -2.29. The van der Waals surface area contributed by atoms with E-state index in [9.17, 15) is 4.79 Å². The lowest BCUT2D eigenvalue weighted by molar-refractivity contribution is -0.0382. The van der Waals surface area contributed by atoms with Crippen LogP contribution in [0.2, 0.25) is 0 Å². The molecule has 3 heterocycles. The summed E-state index contributed by atoms with van der Waals surface area (Å²) in [5.74, 6) is 0.486. The summed E-state index contributed by atoms with van der Waals surface area (Å²) in [5, 5.41) is 12.5. The fourth-order valence-corrected chi connectivity index (χ4v) is 4.08. The van der Waals surface area contributed by atoms with E-state index < -0.39 is 0 Å². The molecule has 0 fully saturated rings. The SMILES string of the molecule is Cn1c(NCCO)nc(=O)c2c3c(sc21)CC(C)(C)OC3. The third-order valence-corrected chi connectivity index (χ3v) is 5.01. The van der Waals surface area contributed by atoms with E-state index in [1.54, 1.807) is 11.3 Å². The van der Waals surface area contributed by atoms with Crippen molar-refractivity contribution in [3.8, 4) is 0 Å². The van der Waals surface area contributed by atoms with Gasteiger partial charge in [-0.2, -0.15) is 4.98 Å². The molecule has 114 valence electrons. The second-order valence-corrected chi connectivity index (χ2v) is 6.94. The van der Waals surface area contributed by atoms with Crippen molar-refractivity contribution in [2.24, 2.45) is 7.05 Å². The van der Waals surface area contributed by atoms with Crippen molar-refractivity contribution < 1.29 is 9.84 Å². The van der Waals surface area contributed by atoms with E-state index in [1.165, 1.54) is 4.88 Å². The second-order valence-electron chi connectivity index (χ2n) is 5.86. The Morgan fingerprint density at radius 2 is 2.29 bits per heavy atom. The molecule has 1 aliphatic rings. The van der Waals surface area contributed by atoms with Gasteiger partial charge >= 0.3 is 0 Å². The van der Waals surface area contributed by atoms with Crippen LogP contribution in [0.5, 0.6) is 0 Å². The number of ether oxygens (including phenoxy) is 1. The molecule has 2 N–H and O–H groups in total. The summed E-state index contributed by atoms with van der Waals surface area (Å²) in [6.07, 6.45) is 0.806. The predicted molar refractivity (Wildman–Crippen MR) is 83.0 cm³/mol. The molecule has 0 saturated carbocycles. The molecule has 0 unspecified atom stereocenters. The largest absolute Gasteiger partial charge is 0.395 e. The van der Waals surface area contributed by atoms with E-state index in [2.05, 4.69) is 24.1 Å². The molecule has 0 bridgehead atoms. The highest BCUT2D eigenvalue weighted by Crippen LogP contribution is 2.37. The summed E-state index contributed by atoms with van der Waals surface area (Å²) in [4.78, 5) is 18.5. The number of aromatic nitrogens is 2. The smallest absolute Gasteiger partial charge is 0.283 e. The standard InChI is InChI=1S/C14H19N3O3S/c1-14(2)6-9-8(7-20-14)10-11(19)16-13(15-4-5-18)17(3)12(10)21-9/h18H,4-7H2,1-3H3,(H,15,16,19). The molecule has 1 aliphatic heterocycles. The van der Waals surface area contributed by atoms with Gasteiger partial charge in [0.05, 0.1) is 24.2 Å². The molecule has 0 aromatic carbocycles. The Balaban J connectivity index is 2.17. The molecule has 3 rings (SSSR count). The van der Waals surface area contributed by atoms with Crippen LogP contribution in [-0.2, 0) is 24.8 Å². The third kappa shape index (κ3) is 2.45. The maximum Gasteiger partial charge on any atom is 0.283 e. The quantitative estimate of drug-likeness (QED) is 0.892. The Morgan fingerprint density at radius 3 is 3.00 bits per heavy atom. The normalized spacial score (nSPS) is 17.0. The van der Waals surface area contributed by atoms with Crippen molar-refractivity contribution in [2.75, 3.05) is 18.5 Å². The van der Waals surface area contributed by atoms with E-state index in [4.69, 9.17) is 9.84 Å². The Labute approximate surface area is 126 Å². The van der Waals surface area contributed by atoms with Gasteiger partial charge in [0.25, 0.3) is 5.56 Å². The number of aryl methyl sites for hydroxylation is 1.